The summed E-state index contributed by atoms with van der Waals surface area (Å²) in [7, 11) is 0. The monoisotopic (exact) mass is 239 g/mol. The van der Waals surface area contributed by atoms with Gasteiger partial charge in [-0.2, -0.15) is 0 Å². The van der Waals surface area contributed by atoms with Crippen LogP contribution in [0.1, 0.15) is 11.3 Å². The van der Waals surface area contributed by atoms with E-state index in [1.165, 1.54) is 4.88 Å². The van der Waals surface area contributed by atoms with Crippen molar-refractivity contribution in [3.63, 3.8) is 0 Å². The van der Waals surface area contributed by atoms with Crippen LogP contribution in [-0.2, 0) is 0 Å². The molecule has 1 aromatic rings. The second-order valence-electron chi connectivity index (χ2n) is 4.10. The highest BCUT2D eigenvalue weighted by molar-refractivity contribution is 7.16. The average Bonchev–Trinajstić information content (AvgIpc) is 2.87. The Balaban J connectivity index is 1.71. The molecule has 0 spiro atoms. The largest absolute Gasteiger partial charge is 0.338 e. The van der Waals surface area contributed by atoms with Gasteiger partial charge in [0.1, 0.15) is 0 Å². The van der Waals surface area contributed by atoms with E-state index in [1.807, 2.05) is 19.1 Å². The number of hydrogen-bond acceptors (Lipinski definition) is 3. The van der Waals surface area contributed by atoms with E-state index in [1.54, 1.807) is 11.3 Å². The molecular weight excluding hydrogens is 222 g/mol. The maximum Gasteiger partial charge on any atom is 0.319 e. The minimum atomic E-state index is -0.103. The van der Waals surface area contributed by atoms with Gasteiger partial charge >= 0.3 is 6.03 Å². The summed E-state index contributed by atoms with van der Waals surface area (Å²) in [5, 5.41) is 9.92. The second-order valence-corrected chi connectivity index (χ2v) is 5.39. The van der Waals surface area contributed by atoms with Crippen LogP contribution in [0.4, 0.5) is 9.80 Å². The first kappa shape index (κ1) is 11.4. The second kappa shape index (κ2) is 5.32. The molecule has 3 N–H and O–H groups in total. The summed E-state index contributed by atoms with van der Waals surface area (Å²) in [6.45, 7) is 4.86. The molecule has 0 saturated carbocycles. The Labute approximate surface area is 99.4 Å². The fraction of sp³-hybridized carbons (Fsp3) is 0.545. The average molecular weight is 239 g/mol. The molecule has 2 amide bonds. The number of nitrogens with one attached hydrogen (secondary N) is 3. The lowest BCUT2D eigenvalue weighted by atomic mass is 10.1. The van der Waals surface area contributed by atoms with Crippen LogP contribution in [0.25, 0.3) is 0 Å². The minimum Gasteiger partial charge on any atom is -0.338 e. The van der Waals surface area contributed by atoms with E-state index in [2.05, 4.69) is 16.0 Å². The number of urea groups is 1. The fourth-order valence-electron chi connectivity index (χ4n) is 1.78. The molecule has 1 aromatic heterocycles. The van der Waals surface area contributed by atoms with E-state index in [0.717, 1.165) is 31.1 Å². The highest BCUT2D eigenvalue weighted by atomic mass is 32.1. The summed E-state index contributed by atoms with van der Waals surface area (Å²) in [5.74, 6) is 0.579. The number of thiophene rings is 1. The van der Waals surface area contributed by atoms with E-state index < -0.39 is 0 Å². The van der Waals surface area contributed by atoms with Crippen LogP contribution in [0.15, 0.2) is 12.1 Å². The third-order valence-corrected chi connectivity index (χ3v) is 3.61. The van der Waals surface area contributed by atoms with Gasteiger partial charge in [0.05, 0.1) is 5.00 Å². The molecule has 1 aliphatic heterocycles. The summed E-state index contributed by atoms with van der Waals surface area (Å²) in [5.41, 5.74) is 0. The smallest absolute Gasteiger partial charge is 0.319 e. The highest BCUT2D eigenvalue weighted by Crippen LogP contribution is 2.20. The lowest BCUT2D eigenvalue weighted by Crippen LogP contribution is -2.33. The molecule has 0 aliphatic carbocycles. The van der Waals surface area contributed by atoms with Crippen LogP contribution in [-0.4, -0.2) is 25.7 Å². The van der Waals surface area contributed by atoms with Gasteiger partial charge in [-0.25, -0.2) is 4.79 Å². The molecule has 5 heteroatoms. The number of rotatable bonds is 3. The molecule has 2 rings (SSSR count). The Bertz CT molecular complexity index is 358. The topological polar surface area (TPSA) is 53.2 Å². The molecule has 2 heterocycles. The lowest BCUT2D eigenvalue weighted by molar-refractivity contribution is 0.250. The maximum atomic E-state index is 11.5. The Hall–Kier alpha value is -1.07. The molecule has 1 atom stereocenters. The van der Waals surface area contributed by atoms with Crippen molar-refractivity contribution in [3.8, 4) is 0 Å². The van der Waals surface area contributed by atoms with Gasteiger partial charge in [0.15, 0.2) is 0 Å². The van der Waals surface area contributed by atoms with Gasteiger partial charge in [-0.05, 0) is 44.5 Å². The van der Waals surface area contributed by atoms with Crippen LogP contribution in [0.5, 0.6) is 0 Å². The van der Waals surface area contributed by atoms with E-state index in [0.29, 0.717) is 5.92 Å². The normalized spacial score (nSPS) is 19.7. The quantitative estimate of drug-likeness (QED) is 0.753. The van der Waals surface area contributed by atoms with Crippen molar-refractivity contribution in [3.05, 3.63) is 17.0 Å². The Morgan fingerprint density at radius 2 is 2.50 bits per heavy atom. The molecule has 4 nitrogen and oxygen atoms in total. The van der Waals surface area contributed by atoms with Gasteiger partial charge in [-0.1, -0.05) is 0 Å². The predicted octanol–water partition coefficient (Wildman–Crippen LogP) is 1.79. The zero-order valence-electron chi connectivity index (χ0n) is 9.38. The summed E-state index contributed by atoms with van der Waals surface area (Å²) >= 11 is 1.59. The summed E-state index contributed by atoms with van der Waals surface area (Å²) in [4.78, 5) is 12.7. The molecule has 0 bridgehead atoms. The van der Waals surface area contributed by atoms with Gasteiger partial charge < -0.3 is 10.6 Å². The first-order valence-corrected chi connectivity index (χ1v) is 6.37. The van der Waals surface area contributed by atoms with Crippen LogP contribution < -0.4 is 16.0 Å². The summed E-state index contributed by atoms with van der Waals surface area (Å²) in [6, 6.07) is 3.83. The van der Waals surface area contributed by atoms with Crippen molar-refractivity contribution < 1.29 is 4.79 Å². The fourth-order valence-corrected chi connectivity index (χ4v) is 2.55. The van der Waals surface area contributed by atoms with E-state index in [4.69, 9.17) is 0 Å². The summed E-state index contributed by atoms with van der Waals surface area (Å²) in [6.07, 6.45) is 1.15. The van der Waals surface area contributed by atoms with Crippen LogP contribution in [0.3, 0.4) is 0 Å². The number of aryl methyl sites for hydroxylation is 1. The number of hydrogen-bond donors (Lipinski definition) is 3. The van der Waals surface area contributed by atoms with E-state index >= 15 is 0 Å². The molecule has 0 aromatic carbocycles. The van der Waals surface area contributed by atoms with Crippen molar-refractivity contribution in [2.75, 3.05) is 25.0 Å². The van der Waals surface area contributed by atoms with Crippen molar-refractivity contribution in [1.29, 1.82) is 0 Å². The Kier molecular flexibility index (Phi) is 3.79. The first-order chi connectivity index (χ1) is 7.74. The third-order valence-electron chi connectivity index (χ3n) is 2.69. The Morgan fingerprint density at radius 3 is 3.12 bits per heavy atom. The van der Waals surface area contributed by atoms with E-state index in [-0.39, 0.29) is 6.03 Å². The van der Waals surface area contributed by atoms with Gasteiger partial charge in [0, 0.05) is 11.4 Å². The molecule has 1 fully saturated rings. The molecule has 88 valence electrons. The van der Waals surface area contributed by atoms with Gasteiger partial charge in [-0.3, -0.25) is 5.32 Å². The number of carbonyl (C=O) groups is 1. The predicted molar refractivity (Wildman–Crippen MR) is 67.1 cm³/mol. The van der Waals surface area contributed by atoms with Crippen LogP contribution in [0, 0.1) is 12.8 Å². The molecule has 0 radical (unpaired) electrons. The van der Waals surface area contributed by atoms with Gasteiger partial charge in [-0.15, -0.1) is 11.3 Å². The highest BCUT2D eigenvalue weighted by Gasteiger charge is 2.15. The lowest BCUT2D eigenvalue weighted by Gasteiger charge is -2.10. The first-order valence-electron chi connectivity index (χ1n) is 5.56. The number of amides is 2. The molecule has 1 unspecified atom stereocenters. The van der Waals surface area contributed by atoms with Crippen LogP contribution >= 0.6 is 11.3 Å². The molecule has 1 saturated heterocycles. The van der Waals surface area contributed by atoms with Crippen molar-refractivity contribution in [2.45, 2.75) is 13.3 Å². The zero-order valence-corrected chi connectivity index (χ0v) is 10.2. The maximum absolute atomic E-state index is 11.5. The minimum absolute atomic E-state index is 0.103. The Morgan fingerprint density at radius 1 is 1.62 bits per heavy atom. The number of anilines is 1. The van der Waals surface area contributed by atoms with Crippen molar-refractivity contribution in [2.24, 2.45) is 5.92 Å². The number of carbonyl (C=O) groups excluding carboxylic acids is 1. The van der Waals surface area contributed by atoms with Crippen molar-refractivity contribution >= 4 is 22.4 Å². The van der Waals surface area contributed by atoms with E-state index in [9.17, 15) is 4.79 Å². The summed E-state index contributed by atoms with van der Waals surface area (Å²) < 4.78 is 0. The van der Waals surface area contributed by atoms with Gasteiger partial charge in [0.2, 0.25) is 0 Å². The third kappa shape index (κ3) is 3.21. The standard InChI is InChI=1S/C11H17N3OS/c1-8-2-3-10(16-8)14-11(15)13-7-9-4-5-12-6-9/h2-3,9,12H,4-7H2,1H3,(H2,13,14,15). The van der Waals surface area contributed by atoms with Gasteiger partial charge in [0.25, 0.3) is 0 Å². The molecule has 1 aliphatic rings. The molecular formula is C11H17N3OS. The SMILES string of the molecule is Cc1ccc(NC(=O)NCC2CCNC2)s1. The van der Waals surface area contributed by atoms with Crippen LogP contribution in [0.2, 0.25) is 0 Å². The molecule has 16 heavy (non-hydrogen) atoms. The zero-order chi connectivity index (χ0) is 11.4. The van der Waals surface area contributed by atoms with Crippen molar-refractivity contribution in [1.82, 2.24) is 10.6 Å².